The van der Waals surface area contributed by atoms with Crippen LogP contribution in [0.2, 0.25) is 0 Å². The van der Waals surface area contributed by atoms with Gasteiger partial charge in [0.2, 0.25) is 0 Å². The lowest BCUT2D eigenvalue weighted by Gasteiger charge is -2.38. The minimum atomic E-state index is -4.99. The van der Waals surface area contributed by atoms with E-state index in [1.165, 1.54) is 6.08 Å². The predicted molar refractivity (Wildman–Crippen MR) is 141 cm³/mol. The third-order valence-electron chi connectivity index (χ3n) is 6.89. The predicted octanol–water partition coefficient (Wildman–Crippen LogP) is 3.47. The Balaban J connectivity index is 1.48. The average Bonchev–Trinajstić information content (AvgIpc) is 3.19. The number of fused-ring (bicyclic) bond motifs is 1. The summed E-state index contributed by atoms with van der Waals surface area (Å²) in [6, 6.07) is 6.01. The Labute approximate surface area is 217 Å². The number of hydrogen-bond acceptors (Lipinski definition) is 7. The number of rotatable bonds is 6. The first-order chi connectivity index (χ1) is 18.1. The maximum atomic E-state index is 14.2. The molecule has 0 bridgehead atoms. The number of benzene rings is 1. The van der Waals surface area contributed by atoms with E-state index in [9.17, 15) is 18.0 Å². The Kier molecular flexibility index (Phi) is 6.51. The van der Waals surface area contributed by atoms with Gasteiger partial charge in [0, 0.05) is 50.2 Å². The van der Waals surface area contributed by atoms with Gasteiger partial charge in [0.1, 0.15) is 17.5 Å². The molecule has 0 spiro atoms. The summed E-state index contributed by atoms with van der Waals surface area (Å²) >= 11 is 0. The van der Waals surface area contributed by atoms with Gasteiger partial charge in [-0.2, -0.15) is 0 Å². The summed E-state index contributed by atoms with van der Waals surface area (Å²) < 4.78 is 43.2. The first-order valence-electron chi connectivity index (χ1n) is 12.2. The topological polar surface area (TPSA) is 83.2 Å². The van der Waals surface area contributed by atoms with Gasteiger partial charge < -0.3 is 20.4 Å². The van der Waals surface area contributed by atoms with Crippen LogP contribution in [0.3, 0.4) is 0 Å². The van der Waals surface area contributed by atoms with Gasteiger partial charge in [0.25, 0.3) is 5.56 Å². The molecule has 1 atom stereocenters. The van der Waals surface area contributed by atoms with Crippen molar-refractivity contribution in [2.45, 2.75) is 25.3 Å². The SMILES string of the molecule is C=CCC1(n2c3ncncc3c(=O)n2C(F)(F)F)C=CC=C(Nc2ccc(N3CCN(C)CC3)c(C)c2)N1. The van der Waals surface area contributed by atoms with Crippen molar-refractivity contribution in [2.24, 2.45) is 0 Å². The van der Waals surface area contributed by atoms with E-state index < -0.39 is 17.5 Å². The summed E-state index contributed by atoms with van der Waals surface area (Å²) in [7, 11) is 2.11. The van der Waals surface area contributed by atoms with E-state index in [4.69, 9.17) is 0 Å². The molecule has 0 aliphatic carbocycles. The lowest BCUT2D eigenvalue weighted by molar-refractivity contribution is -0.224. The van der Waals surface area contributed by atoms with Crippen molar-refractivity contribution >= 4 is 22.4 Å². The maximum Gasteiger partial charge on any atom is 0.506 e. The number of piperazine rings is 1. The number of nitrogens with zero attached hydrogens (tertiary/aromatic N) is 6. The minimum Gasteiger partial charge on any atom is -0.369 e. The summed E-state index contributed by atoms with van der Waals surface area (Å²) in [6.07, 6.45) is 3.68. The zero-order valence-corrected chi connectivity index (χ0v) is 21.2. The Morgan fingerprint density at radius 1 is 1.24 bits per heavy atom. The summed E-state index contributed by atoms with van der Waals surface area (Å²) in [4.78, 5) is 25.2. The number of likely N-dealkylation sites (N-methyl/N-ethyl adjacent to an activating group) is 1. The molecule has 0 saturated carbocycles. The van der Waals surface area contributed by atoms with Crippen LogP contribution in [-0.2, 0) is 12.0 Å². The van der Waals surface area contributed by atoms with Gasteiger partial charge >= 0.3 is 6.30 Å². The Bertz CT molecular complexity index is 1480. The number of aromatic nitrogens is 4. The number of alkyl halides is 3. The van der Waals surface area contributed by atoms with Crippen molar-refractivity contribution in [3.63, 3.8) is 0 Å². The van der Waals surface area contributed by atoms with E-state index in [2.05, 4.69) is 50.1 Å². The van der Waals surface area contributed by atoms with E-state index in [0.717, 1.165) is 60.3 Å². The number of allylic oxidation sites excluding steroid dienone is 2. The van der Waals surface area contributed by atoms with Crippen molar-refractivity contribution < 1.29 is 13.2 Å². The van der Waals surface area contributed by atoms with Gasteiger partial charge in [0.15, 0.2) is 11.3 Å². The molecular formula is C26H29F3N8O. The van der Waals surface area contributed by atoms with Crippen molar-refractivity contribution in [2.75, 3.05) is 43.4 Å². The molecule has 0 amide bonds. The van der Waals surface area contributed by atoms with E-state index in [-0.39, 0.29) is 22.1 Å². The first kappa shape index (κ1) is 25.6. The smallest absolute Gasteiger partial charge is 0.369 e. The molecule has 3 aromatic rings. The fourth-order valence-electron chi connectivity index (χ4n) is 5.07. The monoisotopic (exact) mass is 526 g/mol. The minimum absolute atomic E-state index is 0.0349. The van der Waals surface area contributed by atoms with Crippen molar-refractivity contribution in [1.29, 1.82) is 0 Å². The van der Waals surface area contributed by atoms with E-state index in [1.807, 2.05) is 19.1 Å². The van der Waals surface area contributed by atoms with Crippen LogP contribution in [-0.4, -0.2) is 57.5 Å². The molecule has 2 N–H and O–H groups in total. The van der Waals surface area contributed by atoms with Crippen LogP contribution < -0.4 is 21.1 Å². The van der Waals surface area contributed by atoms with Gasteiger partial charge in [-0.1, -0.05) is 12.2 Å². The van der Waals surface area contributed by atoms with Crippen molar-refractivity contribution in [3.05, 3.63) is 83.3 Å². The Morgan fingerprint density at radius 2 is 2.00 bits per heavy atom. The summed E-state index contributed by atoms with van der Waals surface area (Å²) in [5, 5.41) is 6.22. The summed E-state index contributed by atoms with van der Waals surface area (Å²) in [6.45, 7) is 9.67. The van der Waals surface area contributed by atoms with Crippen molar-refractivity contribution in [1.82, 2.24) is 29.5 Å². The molecule has 5 rings (SSSR count). The third kappa shape index (κ3) is 4.55. The van der Waals surface area contributed by atoms with Gasteiger partial charge in [-0.25, -0.2) is 14.6 Å². The Morgan fingerprint density at radius 3 is 2.68 bits per heavy atom. The zero-order valence-electron chi connectivity index (χ0n) is 21.2. The largest absolute Gasteiger partial charge is 0.506 e. The van der Waals surface area contributed by atoms with Crippen LogP contribution in [0.4, 0.5) is 24.5 Å². The van der Waals surface area contributed by atoms with Gasteiger partial charge in [0.05, 0.1) is 0 Å². The highest BCUT2D eigenvalue weighted by Crippen LogP contribution is 2.33. The van der Waals surface area contributed by atoms with Crippen LogP contribution in [0.5, 0.6) is 0 Å². The van der Waals surface area contributed by atoms with Gasteiger partial charge in [-0.3, -0.25) is 4.79 Å². The average molecular weight is 527 g/mol. The molecule has 1 aromatic carbocycles. The lowest BCUT2D eigenvalue weighted by Crippen LogP contribution is -2.53. The maximum absolute atomic E-state index is 14.2. The highest BCUT2D eigenvalue weighted by atomic mass is 19.4. The number of hydrogen-bond donors (Lipinski definition) is 2. The fraction of sp³-hybridized carbons (Fsp3) is 0.346. The molecule has 4 heterocycles. The second-order valence-corrected chi connectivity index (χ2v) is 9.55. The molecule has 2 aliphatic rings. The quantitative estimate of drug-likeness (QED) is 0.476. The van der Waals surface area contributed by atoms with Crippen LogP contribution >= 0.6 is 0 Å². The normalized spacial score (nSPS) is 20.3. The highest BCUT2D eigenvalue weighted by molar-refractivity contribution is 5.74. The zero-order chi connectivity index (χ0) is 27.1. The number of halogens is 3. The highest BCUT2D eigenvalue weighted by Gasteiger charge is 2.44. The second-order valence-electron chi connectivity index (χ2n) is 9.55. The molecule has 2 aliphatic heterocycles. The Hall–Kier alpha value is -4.06. The molecule has 2 aromatic heterocycles. The lowest BCUT2D eigenvalue weighted by atomic mass is 10.0. The fourth-order valence-corrected chi connectivity index (χ4v) is 5.07. The third-order valence-corrected chi connectivity index (χ3v) is 6.89. The van der Waals surface area contributed by atoms with Crippen LogP contribution in [0.1, 0.15) is 12.0 Å². The summed E-state index contributed by atoms with van der Waals surface area (Å²) in [5.74, 6) is 0.457. The molecule has 1 fully saturated rings. The number of anilines is 2. The molecule has 9 nitrogen and oxygen atoms in total. The van der Waals surface area contributed by atoms with E-state index in [1.54, 1.807) is 18.2 Å². The number of aryl methyl sites for hydroxylation is 1. The molecule has 0 radical (unpaired) electrons. The van der Waals surface area contributed by atoms with E-state index in [0.29, 0.717) is 5.82 Å². The van der Waals surface area contributed by atoms with Crippen LogP contribution in [0, 0.1) is 6.92 Å². The molecule has 12 heteroatoms. The van der Waals surface area contributed by atoms with Crippen LogP contribution in [0.25, 0.3) is 11.0 Å². The number of dihydropyridines is 1. The molecular weight excluding hydrogens is 497 g/mol. The van der Waals surface area contributed by atoms with Crippen molar-refractivity contribution in [3.8, 4) is 0 Å². The van der Waals surface area contributed by atoms with Gasteiger partial charge in [-0.05, 0) is 49.9 Å². The molecule has 38 heavy (non-hydrogen) atoms. The molecule has 1 unspecified atom stereocenters. The molecule has 200 valence electrons. The first-order valence-corrected chi connectivity index (χ1v) is 12.2. The van der Waals surface area contributed by atoms with E-state index >= 15 is 0 Å². The van der Waals surface area contributed by atoms with Gasteiger partial charge in [-0.15, -0.1) is 24.4 Å². The standard InChI is InChI=1S/C26H29F3N8O/c1-4-9-25(36-23-20(16-30-17-31-23)24(38)37(36)26(27,28)29)10-5-6-22(33-25)32-19-7-8-21(18(2)15-19)35-13-11-34(3)12-14-35/h4-8,10,15-17,32-33H,1,9,11-14H2,2-3H3. The van der Waals surface area contributed by atoms with Crippen LogP contribution in [0.15, 0.2) is 72.2 Å². The number of nitrogens with one attached hydrogen (secondary N) is 2. The molecule has 1 saturated heterocycles. The second kappa shape index (κ2) is 9.67. The summed E-state index contributed by atoms with van der Waals surface area (Å²) in [5.41, 5.74) is 0.111.